The van der Waals surface area contributed by atoms with Crippen LogP contribution in [-0.4, -0.2) is 11.0 Å². The molecule has 0 aliphatic heterocycles. The van der Waals surface area contributed by atoms with Gasteiger partial charge in [0.25, 0.3) is 0 Å². The molecule has 0 radical (unpaired) electrons. The zero-order valence-corrected chi connectivity index (χ0v) is 11.3. The highest BCUT2D eigenvalue weighted by atomic mass is 35.5. The third-order valence-electron chi connectivity index (χ3n) is 2.39. The summed E-state index contributed by atoms with van der Waals surface area (Å²) in [6.45, 7) is 0.102. The molecule has 0 saturated heterocycles. The summed E-state index contributed by atoms with van der Waals surface area (Å²) in [4.78, 5) is 15.7. The molecule has 0 fully saturated rings. The molecule has 0 spiro atoms. The van der Waals surface area contributed by atoms with Gasteiger partial charge in [-0.2, -0.15) is 0 Å². The Morgan fingerprint density at radius 1 is 1.26 bits per heavy atom. The highest BCUT2D eigenvalue weighted by Gasteiger charge is 2.11. The van der Waals surface area contributed by atoms with Gasteiger partial charge >= 0.3 is 5.97 Å². The molecule has 0 saturated carbocycles. The number of carbonyl (C=O) groups is 1. The zero-order chi connectivity index (χ0) is 13.8. The minimum Gasteiger partial charge on any atom is -0.457 e. The largest absolute Gasteiger partial charge is 0.457 e. The molecule has 98 valence electrons. The number of halogens is 2. The van der Waals surface area contributed by atoms with Gasteiger partial charge in [0.2, 0.25) is 0 Å². The number of rotatable bonds is 3. The predicted molar refractivity (Wildman–Crippen MR) is 74.2 cm³/mol. The SMILES string of the molecule is Nc1cc(Cl)ccc1C(=O)OCc1ccc(Cl)nc1. The number of aromatic nitrogens is 1. The third kappa shape index (κ3) is 3.59. The number of esters is 1. The number of nitrogen functional groups attached to an aromatic ring is 1. The molecule has 1 heterocycles. The van der Waals surface area contributed by atoms with Crippen molar-refractivity contribution >= 4 is 34.9 Å². The number of anilines is 1. The van der Waals surface area contributed by atoms with E-state index < -0.39 is 5.97 Å². The van der Waals surface area contributed by atoms with Gasteiger partial charge in [-0.1, -0.05) is 29.3 Å². The van der Waals surface area contributed by atoms with Crippen LogP contribution in [0.2, 0.25) is 10.2 Å². The standard InChI is InChI=1S/C13H10Cl2N2O2/c14-9-2-3-10(11(16)5-9)13(18)19-7-8-1-4-12(15)17-6-8/h1-6H,7,16H2. The molecule has 1 aromatic heterocycles. The van der Waals surface area contributed by atoms with Crippen LogP contribution in [0, 0.1) is 0 Å². The quantitative estimate of drug-likeness (QED) is 0.536. The second kappa shape index (κ2) is 5.91. The molecule has 0 bridgehead atoms. The summed E-state index contributed by atoms with van der Waals surface area (Å²) in [6.07, 6.45) is 1.54. The Balaban J connectivity index is 2.03. The molecule has 0 atom stereocenters. The van der Waals surface area contributed by atoms with Gasteiger partial charge in [0.05, 0.1) is 5.56 Å². The van der Waals surface area contributed by atoms with Gasteiger partial charge in [-0.25, -0.2) is 9.78 Å². The van der Waals surface area contributed by atoms with E-state index in [1.54, 1.807) is 24.4 Å². The molecule has 19 heavy (non-hydrogen) atoms. The molecule has 6 heteroatoms. The first-order valence-corrected chi connectivity index (χ1v) is 6.14. The Morgan fingerprint density at radius 2 is 2.05 bits per heavy atom. The van der Waals surface area contributed by atoms with E-state index in [0.29, 0.717) is 10.2 Å². The van der Waals surface area contributed by atoms with Crippen LogP contribution < -0.4 is 5.73 Å². The minimum atomic E-state index is -0.510. The first-order valence-electron chi connectivity index (χ1n) is 5.39. The molecule has 0 aliphatic rings. The van der Waals surface area contributed by atoms with Crippen LogP contribution in [0.25, 0.3) is 0 Å². The van der Waals surface area contributed by atoms with E-state index >= 15 is 0 Å². The summed E-state index contributed by atoms with van der Waals surface area (Å²) in [5.41, 5.74) is 7.00. The van der Waals surface area contributed by atoms with Crippen LogP contribution in [0.4, 0.5) is 5.69 Å². The van der Waals surface area contributed by atoms with Crippen molar-refractivity contribution in [1.29, 1.82) is 0 Å². The van der Waals surface area contributed by atoms with Crippen molar-refractivity contribution in [3.63, 3.8) is 0 Å². The maximum atomic E-state index is 11.8. The number of ether oxygens (including phenoxy) is 1. The summed E-state index contributed by atoms with van der Waals surface area (Å²) < 4.78 is 5.13. The zero-order valence-electron chi connectivity index (χ0n) is 9.77. The second-order valence-corrected chi connectivity index (χ2v) is 4.62. The van der Waals surface area contributed by atoms with Gasteiger partial charge in [0.1, 0.15) is 11.8 Å². The van der Waals surface area contributed by atoms with Gasteiger partial charge in [-0.05, 0) is 24.3 Å². The monoisotopic (exact) mass is 296 g/mol. The maximum Gasteiger partial charge on any atom is 0.340 e. The topological polar surface area (TPSA) is 65.2 Å². The van der Waals surface area contributed by atoms with Crippen LogP contribution >= 0.6 is 23.2 Å². The Morgan fingerprint density at radius 3 is 2.68 bits per heavy atom. The van der Waals surface area contributed by atoms with E-state index in [9.17, 15) is 4.79 Å². The third-order valence-corrected chi connectivity index (χ3v) is 2.85. The number of hydrogen-bond donors (Lipinski definition) is 1. The molecule has 1 aromatic carbocycles. The molecule has 2 aromatic rings. The Kier molecular flexibility index (Phi) is 4.24. The number of carbonyl (C=O) groups excluding carboxylic acids is 1. The van der Waals surface area contributed by atoms with Crippen molar-refractivity contribution in [3.05, 3.63) is 57.8 Å². The average Bonchev–Trinajstić information content (AvgIpc) is 2.37. The van der Waals surface area contributed by atoms with E-state index in [1.807, 2.05) is 0 Å². The van der Waals surface area contributed by atoms with Gasteiger partial charge in [0, 0.05) is 22.5 Å². The smallest absolute Gasteiger partial charge is 0.340 e. The lowest BCUT2D eigenvalue weighted by atomic mass is 10.2. The maximum absolute atomic E-state index is 11.8. The van der Waals surface area contributed by atoms with Gasteiger partial charge in [0.15, 0.2) is 0 Å². The van der Waals surface area contributed by atoms with Crippen LogP contribution in [-0.2, 0) is 11.3 Å². The fourth-order valence-electron chi connectivity index (χ4n) is 1.44. The lowest BCUT2D eigenvalue weighted by Crippen LogP contribution is -2.08. The summed E-state index contributed by atoms with van der Waals surface area (Å²) >= 11 is 11.4. The van der Waals surface area contributed by atoms with Crippen LogP contribution in [0.15, 0.2) is 36.5 Å². The van der Waals surface area contributed by atoms with Crippen molar-refractivity contribution in [3.8, 4) is 0 Å². The number of nitrogens with zero attached hydrogens (tertiary/aromatic N) is 1. The lowest BCUT2D eigenvalue weighted by Gasteiger charge is -2.07. The minimum absolute atomic E-state index is 0.102. The molecule has 2 N–H and O–H groups in total. The van der Waals surface area contributed by atoms with Crippen LogP contribution in [0.5, 0.6) is 0 Å². The Bertz CT molecular complexity index is 600. The molecule has 2 rings (SSSR count). The first kappa shape index (κ1) is 13.6. The number of pyridine rings is 1. The fraction of sp³-hybridized carbons (Fsp3) is 0.0769. The summed E-state index contributed by atoms with van der Waals surface area (Å²) in [5, 5.41) is 0.855. The molecule has 0 amide bonds. The fourth-order valence-corrected chi connectivity index (χ4v) is 1.73. The highest BCUT2D eigenvalue weighted by Crippen LogP contribution is 2.19. The highest BCUT2D eigenvalue weighted by molar-refractivity contribution is 6.31. The normalized spacial score (nSPS) is 10.2. The summed E-state index contributed by atoms with van der Waals surface area (Å²) in [6, 6.07) is 7.97. The molecular weight excluding hydrogens is 287 g/mol. The van der Waals surface area contributed by atoms with E-state index in [0.717, 1.165) is 5.56 Å². The predicted octanol–water partition coefficient (Wildman–Crippen LogP) is 3.33. The molecule has 0 unspecified atom stereocenters. The summed E-state index contributed by atoms with van der Waals surface area (Å²) in [7, 11) is 0. The first-order chi connectivity index (χ1) is 9.06. The molecular formula is C13H10Cl2N2O2. The van der Waals surface area contributed by atoms with Crippen molar-refractivity contribution in [2.45, 2.75) is 6.61 Å². The van der Waals surface area contributed by atoms with Crippen molar-refractivity contribution < 1.29 is 9.53 Å². The number of hydrogen-bond acceptors (Lipinski definition) is 4. The van der Waals surface area contributed by atoms with Crippen LogP contribution in [0.1, 0.15) is 15.9 Å². The van der Waals surface area contributed by atoms with Gasteiger partial charge in [-0.3, -0.25) is 0 Å². The van der Waals surface area contributed by atoms with E-state index in [-0.39, 0.29) is 17.9 Å². The number of benzene rings is 1. The van der Waals surface area contributed by atoms with E-state index in [1.165, 1.54) is 12.1 Å². The second-order valence-electron chi connectivity index (χ2n) is 3.80. The lowest BCUT2D eigenvalue weighted by molar-refractivity contribution is 0.0473. The Labute approximate surface area is 120 Å². The van der Waals surface area contributed by atoms with Crippen molar-refractivity contribution in [1.82, 2.24) is 4.98 Å². The van der Waals surface area contributed by atoms with Crippen LogP contribution in [0.3, 0.4) is 0 Å². The molecule has 0 aliphatic carbocycles. The Hall–Kier alpha value is -1.78. The van der Waals surface area contributed by atoms with E-state index in [4.69, 9.17) is 33.7 Å². The summed E-state index contributed by atoms with van der Waals surface area (Å²) in [5.74, 6) is -0.510. The van der Waals surface area contributed by atoms with Gasteiger partial charge in [-0.15, -0.1) is 0 Å². The molecule has 4 nitrogen and oxygen atoms in total. The van der Waals surface area contributed by atoms with Crippen molar-refractivity contribution in [2.24, 2.45) is 0 Å². The van der Waals surface area contributed by atoms with Crippen molar-refractivity contribution in [2.75, 3.05) is 5.73 Å². The average molecular weight is 297 g/mol. The number of nitrogens with two attached hydrogens (primary N) is 1. The van der Waals surface area contributed by atoms with E-state index in [2.05, 4.69) is 4.98 Å². The van der Waals surface area contributed by atoms with Gasteiger partial charge < -0.3 is 10.5 Å².